The summed E-state index contributed by atoms with van der Waals surface area (Å²) in [5.41, 5.74) is 2.37. The predicted octanol–water partition coefficient (Wildman–Crippen LogP) is 2.69. The van der Waals surface area contributed by atoms with Gasteiger partial charge in [-0.05, 0) is 49.9 Å². The van der Waals surface area contributed by atoms with Crippen molar-refractivity contribution >= 4 is 24.8 Å². The first-order chi connectivity index (χ1) is 16.5. The van der Waals surface area contributed by atoms with Crippen LogP contribution in [-0.2, 0) is 12.8 Å². The Hall–Kier alpha value is -1.22. The second kappa shape index (κ2) is 15.3. The molecule has 2 fully saturated rings. The fourth-order valence-corrected chi connectivity index (χ4v) is 5.62. The molecule has 36 heavy (non-hydrogen) atoms. The molecule has 0 radical (unpaired) electrons. The van der Waals surface area contributed by atoms with Crippen LogP contribution in [0.4, 0.5) is 0 Å². The van der Waals surface area contributed by atoms with E-state index >= 15 is 0 Å². The Labute approximate surface area is 227 Å². The van der Waals surface area contributed by atoms with Crippen LogP contribution in [0.5, 0.6) is 0 Å². The molecule has 0 amide bonds. The van der Waals surface area contributed by atoms with Gasteiger partial charge < -0.3 is 20.4 Å². The Morgan fingerprint density at radius 2 is 0.917 bits per heavy atom. The number of hydrogen-bond donors (Lipinski definition) is 4. The molecule has 8 heteroatoms. The van der Waals surface area contributed by atoms with E-state index < -0.39 is 24.4 Å². The molecule has 0 saturated carbocycles. The second-order valence-corrected chi connectivity index (χ2v) is 10.0. The maximum atomic E-state index is 10.5. The molecule has 0 bridgehead atoms. The normalized spacial score (nSPS) is 28.6. The molecule has 2 saturated heterocycles. The fraction of sp³-hybridized carbons (Fsp3) is 0.571. The third-order valence-corrected chi connectivity index (χ3v) is 7.57. The maximum absolute atomic E-state index is 10.5. The van der Waals surface area contributed by atoms with E-state index in [9.17, 15) is 20.4 Å². The number of hydrogen-bond acceptors (Lipinski definition) is 6. The second-order valence-electron chi connectivity index (χ2n) is 10.0. The molecule has 0 aromatic heterocycles. The van der Waals surface area contributed by atoms with Crippen LogP contribution in [-0.4, -0.2) is 92.9 Å². The van der Waals surface area contributed by atoms with Gasteiger partial charge in [0.15, 0.2) is 0 Å². The van der Waals surface area contributed by atoms with Crippen LogP contribution in [0.2, 0.25) is 0 Å². The van der Waals surface area contributed by atoms with E-state index in [4.69, 9.17) is 0 Å². The predicted molar refractivity (Wildman–Crippen MR) is 148 cm³/mol. The highest BCUT2D eigenvalue weighted by Gasteiger charge is 2.40. The van der Waals surface area contributed by atoms with Gasteiger partial charge in [0.25, 0.3) is 0 Å². The number of halogens is 2. The third kappa shape index (κ3) is 8.14. The summed E-state index contributed by atoms with van der Waals surface area (Å²) >= 11 is 0. The fourth-order valence-electron chi connectivity index (χ4n) is 5.62. The van der Waals surface area contributed by atoms with E-state index in [1.54, 1.807) is 0 Å². The number of aliphatic hydroxyl groups excluding tert-OH is 4. The van der Waals surface area contributed by atoms with Crippen molar-refractivity contribution in [1.82, 2.24) is 9.80 Å². The largest absolute Gasteiger partial charge is 0.389 e. The average molecular weight is 542 g/mol. The minimum atomic E-state index is -0.699. The molecule has 2 aromatic carbocycles. The molecule has 2 aliphatic heterocycles. The van der Waals surface area contributed by atoms with E-state index in [-0.39, 0.29) is 36.9 Å². The van der Waals surface area contributed by atoms with Gasteiger partial charge in [-0.25, -0.2) is 0 Å². The van der Waals surface area contributed by atoms with Crippen molar-refractivity contribution in [1.29, 1.82) is 0 Å². The molecule has 4 N–H and O–H groups in total. The van der Waals surface area contributed by atoms with Crippen LogP contribution in [0, 0.1) is 0 Å². The minimum absolute atomic E-state index is 0. The van der Waals surface area contributed by atoms with Gasteiger partial charge in [-0.1, -0.05) is 73.5 Å². The lowest BCUT2D eigenvalue weighted by Crippen LogP contribution is -2.38. The van der Waals surface area contributed by atoms with E-state index in [1.165, 1.54) is 11.1 Å². The molecule has 202 valence electrons. The number of likely N-dealkylation sites (tertiary alicyclic amines) is 2. The molecule has 2 aromatic rings. The number of rotatable bonds is 11. The van der Waals surface area contributed by atoms with E-state index in [0.717, 1.165) is 51.6 Å². The highest BCUT2D eigenvalue weighted by molar-refractivity contribution is 5.85. The van der Waals surface area contributed by atoms with Crippen LogP contribution in [0.1, 0.15) is 36.8 Å². The summed E-state index contributed by atoms with van der Waals surface area (Å²) in [4.78, 5) is 4.48. The molecule has 2 aliphatic rings. The molecular weight excluding hydrogens is 499 g/mol. The van der Waals surface area contributed by atoms with Gasteiger partial charge in [0.1, 0.15) is 0 Å². The van der Waals surface area contributed by atoms with Gasteiger partial charge >= 0.3 is 0 Å². The van der Waals surface area contributed by atoms with Crippen LogP contribution in [0.15, 0.2) is 60.7 Å². The van der Waals surface area contributed by atoms with Gasteiger partial charge in [0.05, 0.1) is 24.4 Å². The van der Waals surface area contributed by atoms with Crippen LogP contribution in [0.3, 0.4) is 0 Å². The van der Waals surface area contributed by atoms with Gasteiger partial charge in [0.2, 0.25) is 0 Å². The third-order valence-electron chi connectivity index (χ3n) is 7.57. The van der Waals surface area contributed by atoms with Crippen LogP contribution in [0.25, 0.3) is 0 Å². The molecule has 2 heterocycles. The lowest BCUT2D eigenvalue weighted by molar-refractivity contribution is 0.0375. The average Bonchev–Trinajstić information content (AvgIpc) is 3.27. The molecular formula is C28H42Cl2N2O4. The summed E-state index contributed by atoms with van der Waals surface area (Å²) in [7, 11) is 0. The summed E-state index contributed by atoms with van der Waals surface area (Å²) in [6.45, 7) is 2.82. The first kappa shape index (κ1) is 31.0. The van der Waals surface area contributed by atoms with E-state index in [0.29, 0.717) is 13.1 Å². The maximum Gasteiger partial charge on any atom is 0.0969 e. The van der Waals surface area contributed by atoms with Gasteiger partial charge in [-0.3, -0.25) is 9.80 Å². The number of benzene rings is 2. The topological polar surface area (TPSA) is 87.4 Å². The number of nitrogens with zero attached hydrogens (tertiary/aromatic N) is 2. The van der Waals surface area contributed by atoms with E-state index in [2.05, 4.69) is 34.1 Å². The van der Waals surface area contributed by atoms with Crippen LogP contribution >= 0.6 is 24.8 Å². The van der Waals surface area contributed by atoms with Gasteiger partial charge in [-0.15, -0.1) is 24.8 Å². The van der Waals surface area contributed by atoms with Crippen molar-refractivity contribution in [2.45, 2.75) is 75.0 Å². The van der Waals surface area contributed by atoms with E-state index in [1.807, 2.05) is 36.4 Å². The quantitative estimate of drug-likeness (QED) is 0.328. The van der Waals surface area contributed by atoms with Crippen molar-refractivity contribution in [2.24, 2.45) is 0 Å². The summed E-state index contributed by atoms with van der Waals surface area (Å²) < 4.78 is 0. The lowest BCUT2D eigenvalue weighted by atomic mass is 10.0. The monoisotopic (exact) mass is 540 g/mol. The Bertz CT molecular complexity index is 792. The smallest absolute Gasteiger partial charge is 0.0969 e. The van der Waals surface area contributed by atoms with Crippen molar-refractivity contribution in [2.75, 3.05) is 26.2 Å². The first-order valence-corrected chi connectivity index (χ1v) is 12.8. The molecule has 6 unspecified atom stereocenters. The Balaban J connectivity index is 0.00000228. The molecule has 4 rings (SSSR count). The minimum Gasteiger partial charge on any atom is -0.389 e. The Kier molecular flexibility index (Phi) is 13.1. The number of unbranched alkanes of at least 4 members (excludes halogenated alkanes) is 3. The zero-order chi connectivity index (χ0) is 23.9. The van der Waals surface area contributed by atoms with Crippen molar-refractivity contribution < 1.29 is 20.4 Å². The van der Waals surface area contributed by atoms with Crippen LogP contribution < -0.4 is 0 Å². The Morgan fingerprint density at radius 3 is 1.28 bits per heavy atom. The summed E-state index contributed by atoms with van der Waals surface area (Å²) in [6, 6.07) is 20.3. The highest BCUT2D eigenvalue weighted by Crippen LogP contribution is 2.25. The molecule has 6 atom stereocenters. The molecule has 0 aliphatic carbocycles. The lowest BCUT2D eigenvalue weighted by Gasteiger charge is -2.26. The molecule has 6 nitrogen and oxygen atoms in total. The van der Waals surface area contributed by atoms with Crippen molar-refractivity contribution in [3.63, 3.8) is 0 Å². The van der Waals surface area contributed by atoms with Gasteiger partial charge in [-0.2, -0.15) is 0 Å². The number of β-amino-alcohol motifs (C(OH)–C–C–N with tert-alkyl or cyclic N) is 2. The van der Waals surface area contributed by atoms with Gasteiger partial charge in [0, 0.05) is 25.2 Å². The van der Waals surface area contributed by atoms with Crippen molar-refractivity contribution in [3.8, 4) is 0 Å². The summed E-state index contributed by atoms with van der Waals surface area (Å²) in [5, 5.41) is 41.4. The Morgan fingerprint density at radius 1 is 0.556 bits per heavy atom. The number of aliphatic hydroxyl groups is 4. The highest BCUT2D eigenvalue weighted by atomic mass is 35.5. The van der Waals surface area contributed by atoms with Crippen molar-refractivity contribution in [3.05, 3.63) is 71.8 Å². The zero-order valence-corrected chi connectivity index (χ0v) is 22.4. The summed E-state index contributed by atoms with van der Waals surface area (Å²) in [5.74, 6) is 0. The summed E-state index contributed by atoms with van der Waals surface area (Å²) in [6.07, 6.45) is 2.98. The first-order valence-electron chi connectivity index (χ1n) is 12.8. The molecule has 0 spiro atoms. The SMILES string of the molecule is Cl.Cl.OC1CN(CCCCCCN2CC(O)C(O)C2Cc2ccccc2)C(Cc2ccccc2)C1O. The standard InChI is InChI=1S/C28H40N2O4.2ClH/c31-25-19-29(23(27(25)33)17-21-11-5-3-6-12-21)15-9-1-2-10-16-30-20-26(32)28(34)24(30)18-22-13-7-4-8-14-22;;/h3-8,11-14,23-28,31-34H,1-2,9-10,15-20H2;2*1H. The zero-order valence-electron chi connectivity index (χ0n) is 20.8.